The monoisotopic (exact) mass is 680 g/mol. The van der Waals surface area contributed by atoms with Crippen molar-refractivity contribution in [3.05, 3.63) is 9.81 Å². The van der Waals surface area contributed by atoms with Crippen LogP contribution in [0.15, 0.2) is 9.81 Å². The Hall–Kier alpha value is -1.50. The van der Waals surface area contributed by atoms with E-state index in [4.69, 9.17) is 24.4 Å². The van der Waals surface area contributed by atoms with E-state index in [9.17, 15) is 19.2 Å². The van der Waals surface area contributed by atoms with Crippen molar-refractivity contribution in [3.63, 3.8) is 0 Å². The van der Waals surface area contributed by atoms with Crippen LogP contribution in [0, 0.1) is 0 Å². The number of rotatable bonds is 14. The molecular weight excluding hydrogens is 633 g/mol. The summed E-state index contributed by atoms with van der Waals surface area (Å²) in [6, 6.07) is 0.765. The van der Waals surface area contributed by atoms with Crippen LogP contribution in [0.5, 0.6) is 0 Å². The third kappa shape index (κ3) is 8.85. The van der Waals surface area contributed by atoms with Gasteiger partial charge in [-0.1, -0.05) is 74.6 Å². The van der Waals surface area contributed by atoms with Crippen LogP contribution < -0.4 is 0 Å². The minimum atomic E-state index is -0.225. The van der Waals surface area contributed by atoms with E-state index in [1.54, 1.807) is 9.80 Å². The van der Waals surface area contributed by atoms with E-state index in [1.807, 2.05) is 0 Å². The third-order valence-electron chi connectivity index (χ3n) is 9.29. The summed E-state index contributed by atoms with van der Waals surface area (Å²) in [5.74, 6) is 0.0510. The number of carbonyl (C=O) groups excluding carboxylic acids is 4. The summed E-state index contributed by atoms with van der Waals surface area (Å²) in [6.07, 6.45) is 14.7. The van der Waals surface area contributed by atoms with E-state index < -0.39 is 0 Å². The van der Waals surface area contributed by atoms with Crippen LogP contribution in [0.4, 0.5) is 0 Å². The molecule has 8 nitrogen and oxygen atoms in total. The Kier molecular flexibility index (Phi) is 14.0. The Labute approximate surface area is 282 Å². The highest BCUT2D eigenvalue weighted by molar-refractivity contribution is 8.29. The molecule has 0 spiro atoms. The van der Waals surface area contributed by atoms with Gasteiger partial charge >= 0.3 is 0 Å². The molecule has 0 aromatic carbocycles. The number of hydrogen-bond acceptors (Lipinski definition) is 8. The molecule has 0 N–H and O–H groups in total. The molecular formula is C32H48N4O4S4. The fourth-order valence-electron chi connectivity index (χ4n) is 6.70. The molecule has 0 radical (unpaired) electrons. The highest BCUT2D eigenvalue weighted by atomic mass is 32.2. The van der Waals surface area contributed by atoms with E-state index in [2.05, 4.69) is 23.6 Å². The Bertz CT molecular complexity index is 1060. The van der Waals surface area contributed by atoms with Crippen LogP contribution in [-0.2, 0) is 19.2 Å². The Balaban J connectivity index is 1.18. The van der Waals surface area contributed by atoms with Crippen molar-refractivity contribution in [2.75, 3.05) is 26.2 Å². The molecule has 0 unspecified atom stereocenters. The van der Waals surface area contributed by atoms with Crippen LogP contribution in [0.2, 0.25) is 0 Å². The normalized spacial score (nSPS) is 24.7. The summed E-state index contributed by atoms with van der Waals surface area (Å²) in [5, 5.41) is 0. The predicted molar refractivity (Wildman–Crippen MR) is 187 cm³/mol. The highest BCUT2D eigenvalue weighted by Gasteiger charge is 2.41. The molecule has 4 aliphatic heterocycles. The number of nitrogens with zero attached hydrogens (tertiary/aromatic N) is 4. The maximum absolute atomic E-state index is 13.3. The Morgan fingerprint density at radius 3 is 1.45 bits per heavy atom. The van der Waals surface area contributed by atoms with Crippen molar-refractivity contribution in [2.45, 2.75) is 129 Å². The van der Waals surface area contributed by atoms with Gasteiger partial charge < -0.3 is 9.80 Å². The van der Waals surface area contributed by atoms with Gasteiger partial charge in [0.25, 0.3) is 11.8 Å². The molecule has 4 heterocycles. The predicted octanol–water partition coefficient (Wildman–Crippen LogP) is 6.62. The van der Waals surface area contributed by atoms with Crippen molar-refractivity contribution in [3.8, 4) is 0 Å². The third-order valence-corrected chi connectivity index (χ3v) is 12.3. The average Bonchev–Trinajstić information content (AvgIpc) is 3.48. The number of carbonyl (C=O) groups is 4. The van der Waals surface area contributed by atoms with Crippen LogP contribution in [0.3, 0.4) is 0 Å². The molecule has 4 saturated heterocycles. The lowest BCUT2D eigenvalue weighted by molar-refractivity contribution is -0.135. The maximum Gasteiger partial charge on any atom is 0.267 e. The lowest BCUT2D eigenvalue weighted by Crippen LogP contribution is -2.43. The first-order chi connectivity index (χ1) is 21.3. The molecule has 4 rings (SSSR count). The highest BCUT2D eigenvalue weighted by Crippen LogP contribution is 2.42. The van der Waals surface area contributed by atoms with Gasteiger partial charge in [0.2, 0.25) is 11.8 Å². The standard InChI is InChI=1S/C32H48N4O4S4/c1-3-23-15-9-13-19-33(23)25(37)17-7-5-11-21-35-29(39)27(43-31(35)41)28-30(40)36(32(42)44-28)22-12-6-8-18-26(38)34-20-14-10-16-24(34)4-2/h23-24H,3-22H2,1-2H3/b28-27+/t23-,24-/m1/s1. The molecule has 2 atom stereocenters. The van der Waals surface area contributed by atoms with E-state index in [-0.39, 0.29) is 23.6 Å². The zero-order chi connectivity index (χ0) is 31.6. The van der Waals surface area contributed by atoms with E-state index in [1.165, 1.54) is 36.4 Å². The van der Waals surface area contributed by atoms with E-state index in [0.717, 1.165) is 90.1 Å². The number of piperidine rings is 2. The minimum Gasteiger partial charge on any atom is -0.340 e. The summed E-state index contributed by atoms with van der Waals surface area (Å²) >= 11 is 13.4. The van der Waals surface area contributed by atoms with Gasteiger partial charge in [-0.15, -0.1) is 0 Å². The number of thiocarbonyl (C=S) groups is 2. The van der Waals surface area contributed by atoms with Gasteiger partial charge in [0.15, 0.2) is 0 Å². The maximum atomic E-state index is 13.3. The van der Waals surface area contributed by atoms with Gasteiger partial charge in [-0.3, -0.25) is 29.0 Å². The van der Waals surface area contributed by atoms with Crippen molar-refractivity contribution in [2.24, 2.45) is 0 Å². The van der Waals surface area contributed by atoms with Gasteiger partial charge in [-0.2, -0.15) is 0 Å². The molecule has 0 saturated carbocycles. The van der Waals surface area contributed by atoms with Gasteiger partial charge in [0.05, 0.1) is 9.81 Å². The fraction of sp³-hybridized carbons (Fsp3) is 0.750. The minimum absolute atomic E-state index is 0.225. The summed E-state index contributed by atoms with van der Waals surface area (Å²) in [6.45, 7) is 7.03. The van der Waals surface area contributed by atoms with Crippen molar-refractivity contribution >= 4 is 80.2 Å². The second-order valence-electron chi connectivity index (χ2n) is 12.2. The van der Waals surface area contributed by atoms with Crippen molar-refractivity contribution in [1.82, 2.24) is 19.6 Å². The molecule has 12 heteroatoms. The topological polar surface area (TPSA) is 81.2 Å². The summed E-state index contributed by atoms with van der Waals surface area (Å²) in [5.41, 5.74) is 0. The fourth-order valence-corrected chi connectivity index (χ4v) is 9.47. The summed E-state index contributed by atoms with van der Waals surface area (Å²) in [7, 11) is 0. The van der Waals surface area contributed by atoms with Crippen LogP contribution >= 0.6 is 48.0 Å². The number of unbranched alkanes of at least 4 members (excludes halogenated alkanes) is 4. The average molecular weight is 681 g/mol. The quantitative estimate of drug-likeness (QED) is 0.115. The first kappa shape index (κ1) is 35.4. The van der Waals surface area contributed by atoms with Crippen LogP contribution in [0.25, 0.3) is 0 Å². The van der Waals surface area contributed by atoms with E-state index >= 15 is 0 Å². The lowest BCUT2D eigenvalue weighted by Gasteiger charge is -2.35. The van der Waals surface area contributed by atoms with Crippen molar-refractivity contribution in [1.29, 1.82) is 0 Å². The Morgan fingerprint density at radius 1 is 0.659 bits per heavy atom. The second kappa shape index (κ2) is 17.4. The van der Waals surface area contributed by atoms with E-state index in [0.29, 0.717) is 56.5 Å². The SMILES string of the molecule is CC[C@@H]1CCCCN1C(=O)CCCCCN1C(=O)/C(=C2\SC(=S)N(CCCCCC(=O)N3CCCC[C@H]3CC)C2=O)SC1=S. The smallest absolute Gasteiger partial charge is 0.267 e. The summed E-state index contributed by atoms with van der Waals surface area (Å²) < 4.78 is 0.934. The molecule has 44 heavy (non-hydrogen) atoms. The first-order valence-electron chi connectivity index (χ1n) is 16.7. The van der Waals surface area contributed by atoms with Crippen LogP contribution in [-0.4, -0.2) is 90.1 Å². The number of thioether (sulfide) groups is 2. The largest absolute Gasteiger partial charge is 0.340 e. The van der Waals surface area contributed by atoms with Crippen LogP contribution in [0.1, 0.15) is 117 Å². The molecule has 4 aliphatic rings. The van der Waals surface area contributed by atoms with Crippen molar-refractivity contribution < 1.29 is 19.2 Å². The summed E-state index contributed by atoms with van der Waals surface area (Å²) in [4.78, 5) is 60.1. The number of likely N-dealkylation sites (tertiary alicyclic amines) is 2. The molecule has 0 bridgehead atoms. The molecule has 244 valence electrons. The number of amides is 4. The first-order valence-corrected chi connectivity index (χ1v) is 19.1. The van der Waals surface area contributed by atoms with Gasteiger partial charge in [-0.05, 0) is 77.0 Å². The van der Waals surface area contributed by atoms with Gasteiger partial charge in [0, 0.05) is 51.1 Å². The second-order valence-corrected chi connectivity index (χ2v) is 15.5. The molecule has 0 aliphatic carbocycles. The lowest BCUT2D eigenvalue weighted by atomic mass is 9.99. The zero-order valence-electron chi connectivity index (χ0n) is 26.4. The van der Waals surface area contributed by atoms with Gasteiger partial charge in [0.1, 0.15) is 8.64 Å². The molecule has 4 fully saturated rings. The van der Waals surface area contributed by atoms with Gasteiger partial charge in [-0.25, -0.2) is 0 Å². The number of hydrogen-bond donors (Lipinski definition) is 0. The Morgan fingerprint density at radius 2 is 1.07 bits per heavy atom. The molecule has 0 aromatic heterocycles. The molecule has 0 aromatic rings. The zero-order valence-corrected chi connectivity index (χ0v) is 29.6. The molecule has 4 amide bonds.